The number of nitrogens with zero attached hydrogens (tertiary/aromatic N) is 3. The summed E-state index contributed by atoms with van der Waals surface area (Å²) >= 11 is 0. The van der Waals surface area contributed by atoms with Crippen LogP contribution in [0.25, 0.3) is 0 Å². The first kappa shape index (κ1) is 12.4. The Kier molecular flexibility index (Phi) is 2.90. The van der Waals surface area contributed by atoms with Crippen LogP contribution in [0.3, 0.4) is 0 Å². The molecule has 2 heterocycles. The van der Waals surface area contributed by atoms with Crippen molar-refractivity contribution in [1.29, 1.82) is 0 Å². The number of likely N-dealkylation sites (N-methyl/N-ethyl adjacent to an activating group) is 1. The van der Waals surface area contributed by atoms with Crippen molar-refractivity contribution in [1.82, 2.24) is 14.5 Å². The average molecular weight is 278 g/mol. The van der Waals surface area contributed by atoms with Gasteiger partial charge in [-0.15, -0.1) is 0 Å². The Bertz CT molecular complexity index is 566. The molecular weight excluding hydrogens is 266 g/mol. The van der Waals surface area contributed by atoms with Gasteiger partial charge in [-0.1, -0.05) is 0 Å². The molecule has 1 aliphatic rings. The molecule has 0 aliphatic carbocycles. The largest absolute Gasteiger partial charge is 0.344 e. The Morgan fingerprint density at radius 2 is 2.18 bits per heavy atom. The van der Waals surface area contributed by atoms with Crippen molar-refractivity contribution in [2.24, 2.45) is 0 Å². The summed E-state index contributed by atoms with van der Waals surface area (Å²) in [6, 6.07) is -0.375. The summed E-state index contributed by atoms with van der Waals surface area (Å²) in [4.78, 5) is 17.3. The number of likely N-dealkylation sites (tertiary alicyclic amines) is 1. The van der Waals surface area contributed by atoms with Crippen molar-refractivity contribution >= 4 is 25.6 Å². The maximum atomic E-state index is 11.8. The zero-order chi connectivity index (χ0) is 12.8. The lowest BCUT2D eigenvalue weighted by Gasteiger charge is -2.12. The Morgan fingerprint density at radius 3 is 2.59 bits per heavy atom. The molecule has 1 fully saturated rings. The van der Waals surface area contributed by atoms with E-state index in [1.165, 1.54) is 6.20 Å². The normalized spacial score (nSPS) is 21.2. The zero-order valence-corrected chi connectivity index (χ0v) is 11.0. The molecule has 1 unspecified atom stereocenters. The quantitative estimate of drug-likeness (QED) is 0.739. The number of halogens is 1. The van der Waals surface area contributed by atoms with Gasteiger partial charge >= 0.3 is 0 Å². The topological polar surface area (TPSA) is 72.3 Å². The van der Waals surface area contributed by atoms with Gasteiger partial charge in [-0.3, -0.25) is 4.79 Å². The summed E-state index contributed by atoms with van der Waals surface area (Å²) in [5, 5.41) is -0.209. The summed E-state index contributed by atoms with van der Waals surface area (Å²) in [5.41, 5.74) is 0. The number of aryl methyl sites for hydroxylation is 1. The van der Waals surface area contributed by atoms with E-state index in [0.717, 1.165) is 0 Å². The van der Waals surface area contributed by atoms with E-state index in [0.29, 0.717) is 18.8 Å². The average Bonchev–Trinajstić information content (AvgIpc) is 2.72. The van der Waals surface area contributed by atoms with Gasteiger partial charge in [0.05, 0.1) is 0 Å². The van der Waals surface area contributed by atoms with Crippen LogP contribution in [0.2, 0.25) is 0 Å². The van der Waals surface area contributed by atoms with Gasteiger partial charge in [0, 0.05) is 30.5 Å². The first-order valence-electron chi connectivity index (χ1n) is 5.06. The zero-order valence-electron chi connectivity index (χ0n) is 9.42. The fourth-order valence-corrected chi connectivity index (χ4v) is 2.66. The molecule has 0 N–H and O–H groups in total. The van der Waals surface area contributed by atoms with Gasteiger partial charge in [-0.05, 0) is 13.3 Å². The van der Waals surface area contributed by atoms with Crippen LogP contribution in [0.5, 0.6) is 0 Å². The third-order valence-electron chi connectivity index (χ3n) is 2.88. The maximum absolute atomic E-state index is 11.8. The van der Waals surface area contributed by atoms with Crippen LogP contribution in [0, 0.1) is 6.92 Å². The molecule has 1 aromatic rings. The van der Waals surface area contributed by atoms with Crippen molar-refractivity contribution < 1.29 is 13.2 Å². The highest BCUT2D eigenvalue weighted by atomic mass is 35.7. The minimum Gasteiger partial charge on any atom is -0.344 e. The number of rotatable bonds is 2. The molecule has 0 saturated carbocycles. The number of amides is 1. The van der Waals surface area contributed by atoms with Crippen LogP contribution in [0.1, 0.15) is 18.3 Å². The molecule has 2 rings (SSSR count). The van der Waals surface area contributed by atoms with Crippen molar-refractivity contribution in [3.63, 3.8) is 0 Å². The SMILES string of the molecule is Cc1nc(S(=O)(=O)Cl)cn1C1CCN(C)C1=O. The Hall–Kier alpha value is -1.08. The van der Waals surface area contributed by atoms with E-state index in [2.05, 4.69) is 4.98 Å². The number of imidazole rings is 1. The lowest BCUT2D eigenvalue weighted by atomic mass is 10.2. The molecule has 0 spiro atoms. The lowest BCUT2D eigenvalue weighted by molar-refractivity contribution is -0.129. The highest BCUT2D eigenvalue weighted by Gasteiger charge is 2.32. The van der Waals surface area contributed by atoms with Gasteiger partial charge in [-0.25, -0.2) is 13.4 Å². The maximum Gasteiger partial charge on any atom is 0.280 e. The lowest BCUT2D eigenvalue weighted by Crippen LogP contribution is -2.24. The number of carbonyl (C=O) groups is 1. The third kappa shape index (κ3) is 2.16. The second-order valence-corrected chi connectivity index (χ2v) is 6.55. The number of hydrogen-bond donors (Lipinski definition) is 0. The van der Waals surface area contributed by atoms with E-state index in [1.807, 2.05) is 0 Å². The van der Waals surface area contributed by atoms with E-state index in [1.54, 1.807) is 23.4 Å². The molecule has 0 aromatic carbocycles. The standard InChI is InChI=1S/C9H12ClN3O3S/c1-6-11-8(17(10,15)16)5-13(6)7-3-4-12(2)9(7)14/h5,7H,3-4H2,1-2H3. The fourth-order valence-electron chi connectivity index (χ4n) is 1.95. The molecule has 6 nitrogen and oxygen atoms in total. The minimum absolute atomic E-state index is 0.0379. The molecule has 17 heavy (non-hydrogen) atoms. The van der Waals surface area contributed by atoms with Gasteiger partial charge in [0.25, 0.3) is 9.05 Å². The van der Waals surface area contributed by atoms with E-state index >= 15 is 0 Å². The van der Waals surface area contributed by atoms with Crippen LogP contribution in [-0.2, 0) is 13.8 Å². The molecule has 8 heteroatoms. The number of aromatic nitrogens is 2. The predicted octanol–water partition coefficient (Wildman–Crippen LogP) is 0.522. The highest BCUT2D eigenvalue weighted by Crippen LogP contribution is 2.25. The van der Waals surface area contributed by atoms with Gasteiger partial charge in [0.1, 0.15) is 11.9 Å². The van der Waals surface area contributed by atoms with Gasteiger partial charge in [-0.2, -0.15) is 0 Å². The van der Waals surface area contributed by atoms with Crippen molar-refractivity contribution in [3.05, 3.63) is 12.0 Å². The molecule has 1 atom stereocenters. The van der Waals surface area contributed by atoms with Crippen molar-refractivity contribution in [2.75, 3.05) is 13.6 Å². The Balaban J connectivity index is 2.41. The molecular formula is C9H12ClN3O3S. The van der Waals surface area contributed by atoms with Crippen molar-refractivity contribution in [3.8, 4) is 0 Å². The molecule has 1 aromatic heterocycles. The minimum atomic E-state index is -3.85. The van der Waals surface area contributed by atoms with Gasteiger partial charge in [0.2, 0.25) is 5.91 Å². The van der Waals surface area contributed by atoms with E-state index in [4.69, 9.17) is 10.7 Å². The second-order valence-electron chi connectivity index (χ2n) is 4.04. The van der Waals surface area contributed by atoms with Crippen LogP contribution < -0.4 is 0 Å². The van der Waals surface area contributed by atoms with E-state index in [9.17, 15) is 13.2 Å². The van der Waals surface area contributed by atoms with Crippen LogP contribution in [-0.4, -0.2) is 42.4 Å². The van der Waals surface area contributed by atoms with Crippen LogP contribution >= 0.6 is 10.7 Å². The van der Waals surface area contributed by atoms with Gasteiger partial charge < -0.3 is 9.47 Å². The summed E-state index contributed by atoms with van der Waals surface area (Å²) in [5.74, 6) is 0.432. The number of hydrogen-bond acceptors (Lipinski definition) is 4. The molecule has 1 aliphatic heterocycles. The predicted molar refractivity (Wildman–Crippen MR) is 61.3 cm³/mol. The molecule has 94 valence electrons. The van der Waals surface area contributed by atoms with E-state index in [-0.39, 0.29) is 17.0 Å². The first-order chi connectivity index (χ1) is 7.80. The Morgan fingerprint density at radius 1 is 1.53 bits per heavy atom. The summed E-state index contributed by atoms with van der Waals surface area (Å²) in [7, 11) is 3.08. The monoisotopic (exact) mass is 277 g/mol. The smallest absolute Gasteiger partial charge is 0.280 e. The fraction of sp³-hybridized carbons (Fsp3) is 0.556. The summed E-state index contributed by atoms with van der Waals surface area (Å²) in [6.07, 6.45) is 1.97. The molecule has 1 saturated heterocycles. The van der Waals surface area contributed by atoms with Gasteiger partial charge in [0.15, 0.2) is 5.03 Å². The molecule has 0 bridgehead atoms. The van der Waals surface area contributed by atoms with Crippen LogP contribution in [0.15, 0.2) is 11.2 Å². The highest BCUT2D eigenvalue weighted by molar-refractivity contribution is 8.13. The van der Waals surface area contributed by atoms with Crippen molar-refractivity contribution in [2.45, 2.75) is 24.4 Å². The summed E-state index contributed by atoms with van der Waals surface area (Å²) < 4.78 is 23.9. The first-order valence-corrected chi connectivity index (χ1v) is 7.37. The van der Waals surface area contributed by atoms with Crippen LogP contribution in [0.4, 0.5) is 0 Å². The summed E-state index contributed by atoms with van der Waals surface area (Å²) in [6.45, 7) is 2.31. The molecule has 1 amide bonds. The number of carbonyl (C=O) groups excluding carboxylic acids is 1. The third-order valence-corrected chi connectivity index (χ3v) is 4.05. The molecule has 0 radical (unpaired) electrons. The second kappa shape index (κ2) is 3.99. The van der Waals surface area contributed by atoms with E-state index < -0.39 is 9.05 Å². The Labute approximate surface area is 104 Å².